The van der Waals surface area contributed by atoms with Gasteiger partial charge in [0.2, 0.25) is 10.0 Å². The standard InChI is InChI=1S/C20H22ClNO6S/c1-26-18-9-13-7-8-22(29(24,25)15-6-4-5-14(21)10-15)17(12-20(23)28-3)16(13)11-19(18)27-2/h4-6,9-11,17H,7-8,12H2,1-3H3/t17-/m1/s1. The third-order valence-electron chi connectivity index (χ3n) is 4.94. The Hall–Kier alpha value is -2.29. The first-order valence-corrected chi connectivity index (χ1v) is 10.7. The molecular formula is C20H22ClNO6S. The fourth-order valence-corrected chi connectivity index (χ4v) is 5.42. The van der Waals surface area contributed by atoms with Crippen molar-refractivity contribution < 1.29 is 27.4 Å². The van der Waals surface area contributed by atoms with Gasteiger partial charge in [-0.15, -0.1) is 0 Å². The molecule has 0 N–H and O–H groups in total. The van der Waals surface area contributed by atoms with Crippen LogP contribution < -0.4 is 9.47 Å². The highest BCUT2D eigenvalue weighted by molar-refractivity contribution is 7.89. The van der Waals surface area contributed by atoms with Crippen LogP contribution in [0.25, 0.3) is 0 Å². The minimum absolute atomic E-state index is 0.0730. The number of hydrogen-bond donors (Lipinski definition) is 0. The first kappa shape index (κ1) is 21.4. The molecule has 0 fully saturated rings. The minimum atomic E-state index is -3.90. The van der Waals surface area contributed by atoms with E-state index in [0.29, 0.717) is 28.5 Å². The SMILES string of the molecule is COC(=O)C[C@@H]1c2cc(OC)c(OC)cc2CCN1S(=O)(=O)c1cccc(Cl)c1. The van der Waals surface area contributed by atoms with E-state index in [1.165, 1.54) is 37.8 Å². The molecular weight excluding hydrogens is 418 g/mol. The van der Waals surface area contributed by atoms with Crippen LogP contribution in [0.1, 0.15) is 23.6 Å². The summed E-state index contributed by atoms with van der Waals surface area (Å²) in [6.45, 7) is 0.207. The van der Waals surface area contributed by atoms with Gasteiger partial charge >= 0.3 is 5.97 Å². The summed E-state index contributed by atoms with van der Waals surface area (Å²) in [6, 6.07) is 8.88. The third-order valence-corrected chi connectivity index (χ3v) is 7.08. The summed E-state index contributed by atoms with van der Waals surface area (Å²) < 4.78 is 43.6. The van der Waals surface area contributed by atoms with E-state index in [-0.39, 0.29) is 17.9 Å². The fraction of sp³-hybridized carbons (Fsp3) is 0.350. The van der Waals surface area contributed by atoms with E-state index in [0.717, 1.165) is 5.56 Å². The van der Waals surface area contributed by atoms with Crippen LogP contribution in [-0.4, -0.2) is 46.6 Å². The highest BCUT2D eigenvalue weighted by Crippen LogP contribution is 2.41. The number of methoxy groups -OCH3 is 3. The Morgan fingerprint density at radius 2 is 1.83 bits per heavy atom. The molecule has 1 aliphatic rings. The Balaban J connectivity index is 2.12. The maximum Gasteiger partial charge on any atom is 0.307 e. The number of sulfonamides is 1. The molecule has 0 spiro atoms. The zero-order valence-corrected chi connectivity index (χ0v) is 17.9. The number of rotatable bonds is 6. The molecule has 0 radical (unpaired) electrons. The van der Waals surface area contributed by atoms with Crippen molar-refractivity contribution >= 4 is 27.6 Å². The summed E-state index contributed by atoms with van der Waals surface area (Å²) in [5.41, 5.74) is 1.58. The smallest absolute Gasteiger partial charge is 0.307 e. The predicted octanol–water partition coefficient (Wildman–Crippen LogP) is 3.21. The molecule has 29 heavy (non-hydrogen) atoms. The first-order chi connectivity index (χ1) is 13.8. The van der Waals surface area contributed by atoms with Crippen LogP contribution >= 0.6 is 11.6 Å². The van der Waals surface area contributed by atoms with Gasteiger partial charge in [-0.05, 0) is 47.9 Å². The molecule has 1 atom stereocenters. The second-order valence-corrected chi connectivity index (χ2v) is 8.85. The lowest BCUT2D eigenvalue weighted by Crippen LogP contribution is -2.41. The summed E-state index contributed by atoms with van der Waals surface area (Å²) in [6.07, 6.45) is 0.339. The largest absolute Gasteiger partial charge is 0.493 e. The number of fused-ring (bicyclic) bond motifs is 1. The molecule has 7 nitrogen and oxygen atoms in total. The van der Waals surface area contributed by atoms with Crippen molar-refractivity contribution in [3.63, 3.8) is 0 Å². The molecule has 0 saturated heterocycles. The highest BCUT2D eigenvalue weighted by Gasteiger charge is 2.38. The number of esters is 1. The number of carbonyl (C=O) groups is 1. The van der Waals surface area contributed by atoms with Crippen molar-refractivity contribution in [2.45, 2.75) is 23.8 Å². The van der Waals surface area contributed by atoms with Gasteiger partial charge in [0.25, 0.3) is 0 Å². The van der Waals surface area contributed by atoms with Crippen LogP contribution in [0.15, 0.2) is 41.3 Å². The molecule has 0 aliphatic carbocycles. The van der Waals surface area contributed by atoms with Crippen molar-refractivity contribution in [3.8, 4) is 11.5 Å². The van der Waals surface area contributed by atoms with Crippen LogP contribution in [0.4, 0.5) is 0 Å². The van der Waals surface area contributed by atoms with Crippen molar-refractivity contribution in [1.82, 2.24) is 4.31 Å². The number of ether oxygens (including phenoxy) is 3. The quantitative estimate of drug-likeness (QED) is 0.643. The van der Waals surface area contributed by atoms with Crippen molar-refractivity contribution in [2.24, 2.45) is 0 Å². The molecule has 0 amide bonds. The summed E-state index contributed by atoms with van der Waals surface area (Å²) >= 11 is 6.00. The Morgan fingerprint density at radius 3 is 2.45 bits per heavy atom. The van der Waals surface area contributed by atoms with E-state index in [4.69, 9.17) is 25.8 Å². The average molecular weight is 440 g/mol. The van der Waals surface area contributed by atoms with E-state index < -0.39 is 22.0 Å². The Morgan fingerprint density at radius 1 is 1.14 bits per heavy atom. The maximum atomic E-state index is 13.4. The lowest BCUT2D eigenvalue weighted by molar-refractivity contribution is -0.141. The molecule has 9 heteroatoms. The van der Waals surface area contributed by atoms with Gasteiger partial charge in [0.15, 0.2) is 11.5 Å². The third kappa shape index (κ3) is 4.19. The molecule has 156 valence electrons. The van der Waals surface area contributed by atoms with E-state index in [1.54, 1.807) is 18.2 Å². The summed E-state index contributed by atoms with van der Waals surface area (Å²) in [5.74, 6) is 0.501. The second-order valence-electron chi connectivity index (χ2n) is 6.53. The van der Waals surface area contributed by atoms with Crippen LogP contribution in [0.2, 0.25) is 5.02 Å². The van der Waals surface area contributed by atoms with Gasteiger partial charge in [-0.25, -0.2) is 8.42 Å². The van der Waals surface area contributed by atoms with Crippen LogP contribution in [-0.2, 0) is 26.0 Å². The Kier molecular flexibility index (Phi) is 6.36. The van der Waals surface area contributed by atoms with Crippen molar-refractivity contribution in [1.29, 1.82) is 0 Å². The molecule has 0 aromatic heterocycles. The predicted molar refractivity (Wildman–Crippen MR) is 108 cm³/mol. The molecule has 2 aromatic rings. The maximum absolute atomic E-state index is 13.4. The normalized spacial score (nSPS) is 16.8. The number of hydrogen-bond acceptors (Lipinski definition) is 6. The zero-order valence-electron chi connectivity index (χ0n) is 16.3. The van der Waals surface area contributed by atoms with E-state index in [2.05, 4.69) is 0 Å². The van der Waals surface area contributed by atoms with Crippen LogP contribution in [0.5, 0.6) is 11.5 Å². The minimum Gasteiger partial charge on any atom is -0.493 e. The van der Waals surface area contributed by atoms with Gasteiger partial charge in [-0.3, -0.25) is 4.79 Å². The Bertz CT molecular complexity index is 1020. The van der Waals surface area contributed by atoms with Crippen LogP contribution in [0, 0.1) is 0 Å². The monoisotopic (exact) mass is 439 g/mol. The van der Waals surface area contributed by atoms with Gasteiger partial charge in [0, 0.05) is 11.6 Å². The molecule has 1 heterocycles. The second kappa shape index (κ2) is 8.61. The summed E-state index contributed by atoms with van der Waals surface area (Å²) in [4.78, 5) is 12.2. The van der Waals surface area contributed by atoms with Gasteiger partial charge in [0.05, 0.1) is 38.7 Å². The van der Waals surface area contributed by atoms with Crippen molar-refractivity contribution in [2.75, 3.05) is 27.9 Å². The van der Waals surface area contributed by atoms with Crippen molar-refractivity contribution in [3.05, 3.63) is 52.5 Å². The number of halogens is 1. The fourth-order valence-electron chi connectivity index (χ4n) is 3.51. The van der Waals surface area contributed by atoms with Crippen LogP contribution in [0.3, 0.4) is 0 Å². The number of nitrogens with zero attached hydrogens (tertiary/aromatic N) is 1. The lowest BCUT2D eigenvalue weighted by Gasteiger charge is -2.36. The summed E-state index contributed by atoms with van der Waals surface area (Å²) in [5, 5.41) is 0.319. The van der Waals surface area contributed by atoms with E-state index in [9.17, 15) is 13.2 Å². The molecule has 1 aliphatic heterocycles. The highest BCUT2D eigenvalue weighted by atomic mass is 35.5. The van der Waals surface area contributed by atoms with E-state index in [1.807, 2.05) is 6.07 Å². The van der Waals surface area contributed by atoms with Gasteiger partial charge in [0.1, 0.15) is 0 Å². The molecule has 2 aromatic carbocycles. The van der Waals surface area contributed by atoms with Gasteiger partial charge in [-0.1, -0.05) is 17.7 Å². The summed E-state index contributed by atoms with van der Waals surface area (Å²) in [7, 11) is 0.417. The zero-order chi connectivity index (χ0) is 21.2. The molecule has 0 unspecified atom stereocenters. The Labute approximate surface area is 175 Å². The van der Waals surface area contributed by atoms with Gasteiger partial charge < -0.3 is 14.2 Å². The first-order valence-electron chi connectivity index (χ1n) is 8.90. The number of carbonyl (C=O) groups excluding carboxylic acids is 1. The average Bonchev–Trinajstić information content (AvgIpc) is 2.72. The molecule has 0 bridgehead atoms. The van der Waals surface area contributed by atoms with Gasteiger partial charge in [-0.2, -0.15) is 4.31 Å². The van der Waals surface area contributed by atoms with E-state index >= 15 is 0 Å². The topological polar surface area (TPSA) is 82.1 Å². The molecule has 0 saturated carbocycles. The number of benzene rings is 2. The lowest BCUT2D eigenvalue weighted by atomic mass is 9.91. The molecule has 3 rings (SSSR count).